The zero-order valence-corrected chi connectivity index (χ0v) is 11.2. The molecule has 20 heavy (non-hydrogen) atoms. The number of rotatable bonds is 4. The quantitative estimate of drug-likeness (QED) is 0.661. The zero-order valence-electron chi connectivity index (χ0n) is 11.2. The van der Waals surface area contributed by atoms with E-state index in [1.165, 1.54) is 0 Å². The molecule has 1 atom stereocenters. The highest BCUT2D eigenvalue weighted by Crippen LogP contribution is 2.20. The van der Waals surface area contributed by atoms with Gasteiger partial charge in [0.2, 0.25) is 11.8 Å². The first-order chi connectivity index (χ1) is 9.72. The van der Waals surface area contributed by atoms with Crippen LogP contribution in [0.15, 0.2) is 60.7 Å². The molecule has 0 aromatic heterocycles. The van der Waals surface area contributed by atoms with E-state index in [-0.39, 0.29) is 11.8 Å². The predicted octanol–water partition coefficient (Wildman–Crippen LogP) is 2.57. The van der Waals surface area contributed by atoms with E-state index in [0.29, 0.717) is 5.75 Å². The maximum absolute atomic E-state index is 12.0. The summed E-state index contributed by atoms with van der Waals surface area (Å²) in [7, 11) is 1.55. The Labute approximate surface area is 117 Å². The minimum absolute atomic E-state index is 0.0956. The Hall–Kier alpha value is -2.62. The predicted molar refractivity (Wildman–Crippen MR) is 78.0 cm³/mol. The molecule has 4 nitrogen and oxygen atoms in total. The van der Waals surface area contributed by atoms with Crippen molar-refractivity contribution in [2.24, 2.45) is 0 Å². The Morgan fingerprint density at radius 1 is 1.05 bits per heavy atom. The van der Waals surface area contributed by atoms with Crippen molar-refractivity contribution >= 4 is 11.8 Å². The van der Waals surface area contributed by atoms with E-state index in [9.17, 15) is 4.79 Å². The minimum atomic E-state index is -0.749. The monoisotopic (exact) mass is 268 g/mol. The van der Waals surface area contributed by atoms with E-state index < -0.39 is 5.92 Å². The molecule has 0 radical (unpaired) electrons. The minimum Gasteiger partial charge on any atom is -0.442 e. The average Bonchev–Trinajstić information content (AvgIpc) is 2.49. The van der Waals surface area contributed by atoms with Gasteiger partial charge in [0.15, 0.2) is 0 Å². The van der Waals surface area contributed by atoms with Crippen LogP contribution in [-0.2, 0) is 4.79 Å². The molecule has 0 aliphatic rings. The summed E-state index contributed by atoms with van der Waals surface area (Å²) in [5.41, 5.74) is 0.729. The molecule has 0 saturated carbocycles. The molecule has 0 aliphatic heterocycles. The Balaban J connectivity index is 2.24. The van der Waals surface area contributed by atoms with Crippen molar-refractivity contribution in [1.29, 1.82) is 5.41 Å². The molecule has 0 bridgehead atoms. The van der Waals surface area contributed by atoms with E-state index in [1.807, 2.05) is 48.5 Å². The van der Waals surface area contributed by atoms with Crippen LogP contribution in [0.4, 0.5) is 0 Å². The molecule has 102 valence electrons. The summed E-state index contributed by atoms with van der Waals surface area (Å²) in [5, 5.41) is 10.6. The normalized spacial score (nSPS) is 11.4. The fourth-order valence-electron chi connectivity index (χ4n) is 1.89. The molecule has 0 spiro atoms. The number of ether oxygens (including phenoxy) is 1. The number of para-hydroxylation sites is 1. The number of carbonyl (C=O) groups excluding carboxylic acids is 1. The molecule has 0 fully saturated rings. The van der Waals surface area contributed by atoms with Crippen LogP contribution >= 0.6 is 0 Å². The van der Waals surface area contributed by atoms with Gasteiger partial charge in [-0.1, -0.05) is 48.5 Å². The Morgan fingerprint density at radius 3 is 2.15 bits per heavy atom. The first kappa shape index (κ1) is 13.8. The molecule has 1 unspecified atom stereocenters. The lowest BCUT2D eigenvalue weighted by Gasteiger charge is -2.17. The number of amides is 1. The van der Waals surface area contributed by atoms with Gasteiger partial charge < -0.3 is 10.1 Å². The second-order valence-corrected chi connectivity index (χ2v) is 4.24. The van der Waals surface area contributed by atoms with Crippen molar-refractivity contribution in [2.45, 2.75) is 5.92 Å². The number of likely N-dealkylation sites (N-methyl/N-ethyl adjacent to an activating group) is 1. The third-order valence-corrected chi connectivity index (χ3v) is 2.87. The number of hydrogen-bond acceptors (Lipinski definition) is 3. The first-order valence-corrected chi connectivity index (χ1v) is 6.30. The summed E-state index contributed by atoms with van der Waals surface area (Å²) in [6, 6.07) is 18.2. The van der Waals surface area contributed by atoms with Gasteiger partial charge in [-0.3, -0.25) is 10.2 Å². The van der Waals surface area contributed by atoms with Crippen molar-refractivity contribution < 1.29 is 9.53 Å². The van der Waals surface area contributed by atoms with Crippen LogP contribution in [0.3, 0.4) is 0 Å². The van der Waals surface area contributed by atoms with Gasteiger partial charge in [-0.05, 0) is 17.7 Å². The first-order valence-electron chi connectivity index (χ1n) is 6.30. The molecule has 1 amide bonds. The summed E-state index contributed by atoms with van der Waals surface area (Å²) >= 11 is 0. The number of carbonyl (C=O) groups is 1. The van der Waals surface area contributed by atoms with Crippen molar-refractivity contribution in [1.82, 2.24) is 5.32 Å². The fourth-order valence-corrected chi connectivity index (χ4v) is 1.89. The van der Waals surface area contributed by atoms with Gasteiger partial charge in [-0.25, -0.2) is 0 Å². The molecule has 4 heteroatoms. The van der Waals surface area contributed by atoms with Crippen molar-refractivity contribution in [3.8, 4) is 5.75 Å². The molecule has 2 rings (SSSR count). The third-order valence-electron chi connectivity index (χ3n) is 2.87. The van der Waals surface area contributed by atoms with E-state index in [2.05, 4.69) is 5.32 Å². The summed E-state index contributed by atoms with van der Waals surface area (Å²) in [6.45, 7) is 0. The van der Waals surface area contributed by atoms with Gasteiger partial charge in [0.1, 0.15) is 11.7 Å². The Bertz CT molecular complexity index is 582. The summed E-state index contributed by atoms with van der Waals surface area (Å²) in [4.78, 5) is 12.0. The van der Waals surface area contributed by atoms with Crippen LogP contribution in [0.5, 0.6) is 5.75 Å². The van der Waals surface area contributed by atoms with Gasteiger partial charge in [0, 0.05) is 7.05 Å². The summed E-state index contributed by atoms with van der Waals surface area (Å²) < 4.78 is 5.48. The lowest BCUT2D eigenvalue weighted by molar-refractivity contribution is -0.120. The van der Waals surface area contributed by atoms with Crippen LogP contribution in [0.25, 0.3) is 0 Å². The van der Waals surface area contributed by atoms with E-state index in [4.69, 9.17) is 10.1 Å². The highest BCUT2D eigenvalue weighted by atomic mass is 16.5. The highest BCUT2D eigenvalue weighted by molar-refractivity contribution is 6.05. The van der Waals surface area contributed by atoms with Crippen LogP contribution < -0.4 is 10.1 Å². The summed E-state index contributed by atoms with van der Waals surface area (Å²) in [5.74, 6) is -0.567. The van der Waals surface area contributed by atoms with Crippen molar-refractivity contribution in [3.05, 3.63) is 66.2 Å². The van der Waals surface area contributed by atoms with Crippen LogP contribution in [-0.4, -0.2) is 18.9 Å². The molecule has 2 aromatic rings. The molecular weight excluding hydrogens is 252 g/mol. The Morgan fingerprint density at radius 2 is 1.60 bits per heavy atom. The van der Waals surface area contributed by atoms with Crippen LogP contribution in [0.2, 0.25) is 0 Å². The third kappa shape index (κ3) is 3.23. The van der Waals surface area contributed by atoms with Gasteiger partial charge in [0.25, 0.3) is 0 Å². The second kappa shape index (κ2) is 6.52. The number of nitrogens with one attached hydrogen (secondary N) is 2. The highest BCUT2D eigenvalue weighted by Gasteiger charge is 2.26. The zero-order chi connectivity index (χ0) is 14.4. The largest absolute Gasteiger partial charge is 0.442 e. The van der Waals surface area contributed by atoms with Crippen molar-refractivity contribution in [3.63, 3.8) is 0 Å². The lowest BCUT2D eigenvalue weighted by Crippen LogP contribution is -2.33. The van der Waals surface area contributed by atoms with E-state index in [0.717, 1.165) is 5.56 Å². The standard InChI is InChI=1S/C16H16N2O2/c1-18-16(19)14(12-8-4-2-5-9-12)15(17)20-13-10-6-3-7-11-13/h2-11,14,17H,1H3,(H,18,19). The van der Waals surface area contributed by atoms with E-state index in [1.54, 1.807) is 19.2 Å². The van der Waals surface area contributed by atoms with Crippen molar-refractivity contribution in [2.75, 3.05) is 7.05 Å². The van der Waals surface area contributed by atoms with Gasteiger partial charge >= 0.3 is 0 Å². The SMILES string of the molecule is CNC(=O)C(C(=N)Oc1ccccc1)c1ccccc1. The molecule has 0 aliphatic carbocycles. The molecule has 2 aromatic carbocycles. The van der Waals surface area contributed by atoms with Crippen LogP contribution in [0.1, 0.15) is 11.5 Å². The fraction of sp³-hybridized carbons (Fsp3) is 0.125. The maximum Gasteiger partial charge on any atom is 0.236 e. The Kier molecular flexibility index (Phi) is 4.50. The van der Waals surface area contributed by atoms with Gasteiger partial charge in [-0.15, -0.1) is 0 Å². The maximum atomic E-state index is 12.0. The molecule has 0 heterocycles. The topological polar surface area (TPSA) is 62.2 Å². The van der Waals surface area contributed by atoms with Gasteiger partial charge in [-0.2, -0.15) is 0 Å². The van der Waals surface area contributed by atoms with Gasteiger partial charge in [0.05, 0.1) is 0 Å². The molecule has 0 saturated heterocycles. The lowest BCUT2D eigenvalue weighted by atomic mass is 9.98. The second-order valence-electron chi connectivity index (χ2n) is 4.24. The van der Waals surface area contributed by atoms with Crippen LogP contribution in [0, 0.1) is 5.41 Å². The summed E-state index contributed by atoms with van der Waals surface area (Å²) in [6.07, 6.45) is 0. The average molecular weight is 268 g/mol. The number of hydrogen-bond donors (Lipinski definition) is 2. The number of benzene rings is 2. The van der Waals surface area contributed by atoms with E-state index >= 15 is 0 Å². The molecule has 2 N–H and O–H groups in total. The molecular formula is C16H16N2O2. The smallest absolute Gasteiger partial charge is 0.236 e.